The molecule has 0 aromatic rings. The number of oxime groups is 1. The number of nitrogens with one attached hydrogen (secondary N) is 1. The second-order valence-electron chi connectivity index (χ2n) is 5.11. The monoisotopic (exact) mass is 241 g/mol. The van der Waals surface area contributed by atoms with Gasteiger partial charge >= 0.3 is 0 Å². The summed E-state index contributed by atoms with van der Waals surface area (Å²) in [5.74, 6) is -0.0535. The average molecular weight is 241 g/mol. The highest BCUT2D eigenvalue weighted by molar-refractivity contribution is 6.06. The molecule has 1 saturated carbocycles. The minimum absolute atomic E-state index is 0.0533. The number of rotatable bonds is 3. The molecular formula is C12H23N3O2. The zero-order valence-electron chi connectivity index (χ0n) is 10.7. The number of hydrogen-bond acceptors (Lipinski definition) is 3. The van der Waals surface area contributed by atoms with Crippen molar-refractivity contribution in [3.8, 4) is 0 Å². The summed E-state index contributed by atoms with van der Waals surface area (Å²) >= 11 is 0. The summed E-state index contributed by atoms with van der Waals surface area (Å²) in [6.45, 7) is 3.82. The molecule has 0 aromatic heterocycles. The Morgan fingerprint density at radius 2 is 1.82 bits per heavy atom. The van der Waals surface area contributed by atoms with E-state index in [9.17, 15) is 4.79 Å². The zero-order chi connectivity index (χ0) is 12.9. The van der Waals surface area contributed by atoms with E-state index in [2.05, 4.69) is 10.5 Å². The van der Waals surface area contributed by atoms with E-state index in [1.165, 1.54) is 0 Å². The second kappa shape index (κ2) is 5.89. The SMILES string of the molecule is CC(C)NC(=O)C1(C(N)=NO)CCCCCC1. The van der Waals surface area contributed by atoms with Crippen LogP contribution in [0.3, 0.4) is 0 Å². The predicted molar refractivity (Wildman–Crippen MR) is 66.8 cm³/mol. The summed E-state index contributed by atoms with van der Waals surface area (Å²) < 4.78 is 0. The smallest absolute Gasteiger partial charge is 0.234 e. The van der Waals surface area contributed by atoms with Gasteiger partial charge in [-0.1, -0.05) is 30.8 Å². The normalized spacial score (nSPS) is 21.0. The Bertz CT molecular complexity index is 292. The molecule has 1 amide bonds. The van der Waals surface area contributed by atoms with Crippen molar-refractivity contribution in [1.29, 1.82) is 0 Å². The predicted octanol–water partition coefficient (Wildman–Crippen LogP) is 1.60. The van der Waals surface area contributed by atoms with Crippen LogP contribution in [0.2, 0.25) is 0 Å². The lowest BCUT2D eigenvalue weighted by Crippen LogP contribution is -2.51. The van der Waals surface area contributed by atoms with Gasteiger partial charge in [0.15, 0.2) is 5.84 Å². The Labute approximate surface area is 102 Å². The van der Waals surface area contributed by atoms with Crippen LogP contribution in [0.15, 0.2) is 5.16 Å². The van der Waals surface area contributed by atoms with Crippen LogP contribution >= 0.6 is 0 Å². The summed E-state index contributed by atoms with van der Waals surface area (Å²) in [7, 11) is 0. The van der Waals surface area contributed by atoms with Gasteiger partial charge in [0.2, 0.25) is 5.91 Å². The molecule has 98 valence electrons. The molecule has 0 spiro atoms. The number of carbonyl (C=O) groups excluding carboxylic acids is 1. The molecule has 0 bridgehead atoms. The van der Waals surface area contributed by atoms with Crippen molar-refractivity contribution in [3.05, 3.63) is 0 Å². The van der Waals surface area contributed by atoms with Crippen LogP contribution in [0.1, 0.15) is 52.4 Å². The number of amidine groups is 1. The second-order valence-corrected chi connectivity index (χ2v) is 5.11. The highest BCUT2D eigenvalue weighted by Gasteiger charge is 2.43. The standard InChI is InChI=1S/C12H23N3O2/c1-9(2)14-11(16)12(10(13)15-17)7-5-3-4-6-8-12/h9,17H,3-8H2,1-2H3,(H2,13,15)(H,14,16). The molecular weight excluding hydrogens is 218 g/mol. The maximum Gasteiger partial charge on any atom is 0.234 e. The van der Waals surface area contributed by atoms with Gasteiger partial charge in [-0.25, -0.2) is 0 Å². The van der Waals surface area contributed by atoms with Gasteiger partial charge in [-0.3, -0.25) is 4.79 Å². The highest BCUT2D eigenvalue weighted by atomic mass is 16.4. The first kappa shape index (κ1) is 13.8. The molecule has 1 aliphatic carbocycles. The van der Waals surface area contributed by atoms with Crippen molar-refractivity contribution in [3.63, 3.8) is 0 Å². The van der Waals surface area contributed by atoms with Crippen LogP contribution in [0, 0.1) is 5.41 Å². The molecule has 0 unspecified atom stereocenters. The molecule has 5 nitrogen and oxygen atoms in total. The van der Waals surface area contributed by atoms with E-state index in [-0.39, 0.29) is 17.8 Å². The van der Waals surface area contributed by atoms with Gasteiger partial charge < -0.3 is 16.3 Å². The zero-order valence-corrected chi connectivity index (χ0v) is 10.7. The van der Waals surface area contributed by atoms with E-state index in [1.807, 2.05) is 13.8 Å². The topological polar surface area (TPSA) is 87.7 Å². The van der Waals surface area contributed by atoms with Gasteiger partial charge in [0, 0.05) is 6.04 Å². The number of carbonyl (C=O) groups is 1. The Balaban J connectivity index is 2.95. The van der Waals surface area contributed by atoms with E-state index >= 15 is 0 Å². The maximum absolute atomic E-state index is 12.3. The Kier molecular flexibility index (Phi) is 4.78. The Hall–Kier alpha value is -1.26. The van der Waals surface area contributed by atoms with Crippen molar-refractivity contribution < 1.29 is 10.0 Å². The van der Waals surface area contributed by atoms with Gasteiger partial charge in [0.05, 0.1) is 0 Å². The van der Waals surface area contributed by atoms with Gasteiger partial charge in [0.1, 0.15) is 5.41 Å². The molecule has 5 heteroatoms. The number of amides is 1. The first-order valence-corrected chi connectivity index (χ1v) is 6.32. The lowest BCUT2D eigenvalue weighted by atomic mass is 9.78. The van der Waals surface area contributed by atoms with Gasteiger partial charge in [-0.05, 0) is 26.7 Å². The van der Waals surface area contributed by atoms with Gasteiger partial charge in [-0.2, -0.15) is 0 Å². The molecule has 0 aromatic carbocycles. The summed E-state index contributed by atoms with van der Waals surface area (Å²) in [5.41, 5.74) is 4.96. The molecule has 4 N–H and O–H groups in total. The molecule has 0 radical (unpaired) electrons. The fourth-order valence-corrected chi connectivity index (χ4v) is 2.43. The van der Waals surface area contributed by atoms with Crippen molar-refractivity contribution in [2.45, 2.75) is 58.4 Å². The largest absolute Gasteiger partial charge is 0.409 e. The summed E-state index contributed by atoms with van der Waals surface area (Å²) in [6.07, 6.45) is 5.44. The molecule has 1 rings (SSSR count). The maximum atomic E-state index is 12.3. The average Bonchev–Trinajstić information content (AvgIpc) is 2.53. The molecule has 17 heavy (non-hydrogen) atoms. The Morgan fingerprint density at radius 1 is 1.29 bits per heavy atom. The van der Waals surface area contributed by atoms with Crippen LogP contribution in [0.25, 0.3) is 0 Å². The van der Waals surface area contributed by atoms with Crippen molar-refractivity contribution in [2.75, 3.05) is 0 Å². The van der Waals surface area contributed by atoms with Crippen molar-refractivity contribution >= 4 is 11.7 Å². The minimum atomic E-state index is -0.810. The lowest BCUT2D eigenvalue weighted by molar-refractivity contribution is -0.128. The number of hydrogen-bond donors (Lipinski definition) is 3. The van der Waals surface area contributed by atoms with Crippen molar-refractivity contribution in [2.24, 2.45) is 16.3 Å². The Morgan fingerprint density at radius 3 is 2.24 bits per heavy atom. The third-order valence-electron chi connectivity index (χ3n) is 3.41. The molecule has 0 atom stereocenters. The minimum Gasteiger partial charge on any atom is -0.409 e. The summed E-state index contributed by atoms with van der Waals surface area (Å²) in [5, 5.41) is 14.9. The van der Waals surface area contributed by atoms with Crippen LogP contribution < -0.4 is 11.1 Å². The van der Waals surface area contributed by atoms with Gasteiger partial charge in [0.25, 0.3) is 0 Å². The molecule has 0 aliphatic heterocycles. The number of nitrogens with two attached hydrogens (primary N) is 1. The lowest BCUT2D eigenvalue weighted by Gasteiger charge is -2.30. The fraction of sp³-hybridized carbons (Fsp3) is 0.833. The van der Waals surface area contributed by atoms with Crippen LogP contribution in [0.4, 0.5) is 0 Å². The third-order valence-corrected chi connectivity index (χ3v) is 3.41. The van der Waals surface area contributed by atoms with E-state index in [1.54, 1.807) is 0 Å². The first-order valence-electron chi connectivity index (χ1n) is 6.32. The van der Waals surface area contributed by atoms with Crippen LogP contribution in [-0.2, 0) is 4.79 Å². The summed E-state index contributed by atoms with van der Waals surface area (Å²) in [6, 6.07) is 0.0640. The molecule has 1 fully saturated rings. The van der Waals surface area contributed by atoms with E-state index in [4.69, 9.17) is 10.9 Å². The number of nitrogens with zero attached hydrogens (tertiary/aromatic N) is 1. The quantitative estimate of drug-likeness (QED) is 0.230. The third kappa shape index (κ3) is 3.11. The van der Waals surface area contributed by atoms with E-state index in [0.717, 1.165) is 25.7 Å². The van der Waals surface area contributed by atoms with Crippen LogP contribution in [0.5, 0.6) is 0 Å². The fourth-order valence-electron chi connectivity index (χ4n) is 2.43. The van der Waals surface area contributed by atoms with Crippen molar-refractivity contribution in [1.82, 2.24) is 5.32 Å². The summed E-state index contributed by atoms with van der Waals surface area (Å²) in [4.78, 5) is 12.3. The highest BCUT2D eigenvalue weighted by Crippen LogP contribution is 2.35. The molecule has 0 saturated heterocycles. The molecule has 1 aliphatic rings. The van der Waals surface area contributed by atoms with Gasteiger partial charge in [-0.15, -0.1) is 0 Å². The first-order chi connectivity index (χ1) is 8.03. The van der Waals surface area contributed by atoms with Crippen LogP contribution in [-0.4, -0.2) is 23.0 Å². The molecule has 0 heterocycles. The van der Waals surface area contributed by atoms with E-state index < -0.39 is 5.41 Å². The van der Waals surface area contributed by atoms with E-state index in [0.29, 0.717) is 12.8 Å².